The van der Waals surface area contributed by atoms with Crippen LogP contribution in [0.25, 0.3) is 0 Å². The number of benzene rings is 1. The van der Waals surface area contributed by atoms with Gasteiger partial charge in [-0.05, 0) is 51.3 Å². The van der Waals surface area contributed by atoms with E-state index in [1.54, 1.807) is 12.1 Å². The summed E-state index contributed by atoms with van der Waals surface area (Å²) in [5.74, 6) is 0.546. The van der Waals surface area contributed by atoms with Crippen LogP contribution in [0.5, 0.6) is 0 Å². The Morgan fingerprint density at radius 1 is 1.18 bits per heavy atom. The molecule has 6 heteroatoms. The van der Waals surface area contributed by atoms with E-state index in [1.807, 2.05) is 26.8 Å². The average Bonchev–Trinajstić information content (AvgIpc) is 2.60. The van der Waals surface area contributed by atoms with Gasteiger partial charge in [0.15, 0.2) is 0 Å². The van der Waals surface area contributed by atoms with Crippen LogP contribution in [0.2, 0.25) is 0 Å². The minimum Gasteiger partial charge on any atom is -0.465 e. The van der Waals surface area contributed by atoms with E-state index in [0.717, 1.165) is 22.2 Å². The smallest absolute Gasteiger partial charge is 0.338 e. The van der Waals surface area contributed by atoms with Crippen LogP contribution in [0.15, 0.2) is 27.6 Å². The molecule has 0 saturated heterocycles. The molecule has 158 valence electrons. The molecule has 1 rings (SSSR count). The Hall–Kier alpha value is -1.01. The van der Waals surface area contributed by atoms with Crippen LogP contribution in [0.3, 0.4) is 0 Å². The summed E-state index contributed by atoms with van der Waals surface area (Å²) in [6, 6.07) is 5.47. The maximum absolute atomic E-state index is 12.3. The molecule has 0 aromatic heterocycles. The third kappa shape index (κ3) is 10.5. The molecule has 0 saturated carbocycles. The number of halogens is 1. The highest BCUT2D eigenvalue weighted by molar-refractivity contribution is 9.10. The number of esters is 2. The maximum atomic E-state index is 12.3. The lowest BCUT2D eigenvalue weighted by Gasteiger charge is -2.19. The molecule has 0 bridgehead atoms. The van der Waals surface area contributed by atoms with E-state index in [4.69, 9.17) is 9.47 Å². The molecule has 0 aliphatic rings. The number of carbonyl (C=O) groups is 2. The third-order valence-corrected chi connectivity index (χ3v) is 5.54. The molecule has 1 aromatic carbocycles. The van der Waals surface area contributed by atoms with E-state index >= 15 is 0 Å². The van der Waals surface area contributed by atoms with E-state index in [2.05, 4.69) is 29.8 Å². The van der Waals surface area contributed by atoms with E-state index in [-0.39, 0.29) is 11.9 Å². The molecule has 0 heterocycles. The van der Waals surface area contributed by atoms with Crippen molar-refractivity contribution in [2.75, 3.05) is 12.4 Å². The highest BCUT2D eigenvalue weighted by atomic mass is 79.9. The number of ether oxygens (including phenoxy) is 2. The number of carbonyl (C=O) groups excluding carboxylic acids is 2. The largest absolute Gasteiger partial charge is 0.465 e. The van der Waals surface area contributed by atoms with E-state index in [0.29, 0.717) is 30.3 Å². The van der Waals surface area contributed by atoms with Crippen LogP contribution in [0.1, 0.15) is 77.1 Å². The molecule has 1 atom stereocenters. The molecule has 0 fully saturated rings. The van der Waals surface area contributed by atoms with Gasteiger partial charge in [-0.15, -0.1) is 11.8 Å². The summed E-state index contributed by atoms with van der Waals surface area (Å²) in [6.07, 6.45) is 4.84. The SMILES string of the molecule is CCCCC(CC)COC(=O)CCSc1cc(Br)cc(C(=O)OC(C)(C)C)c1. The summed E-state index contributed by atoms with van der Waals surface area (Å²) in [5.41, 5.74) is -0.0414. The second-order valence-corrected chi connectivity index (χ2v) is 9.96. The summed E-state index contributed by atoms with van der Waals surface area (Å²) in [6.45, 7) is 10.4. The maximum Gasteiger partial charge on any atom is 0.338 e. The Balaban J connectivity index is 2.50. The number of unbranched alkanes of at least 4 members (excludes halogenated alkanes) is 1. The van der Waals surface area contributed by atoms with Crippen molar-refractivity contribution in [1.82, 2.24) is 0 Å². The summed E-state index contributed by atoms with van der Waals surface area (Å²) in [5, 5.41) is 0. The minimum atomic E-state index is -0.538. The molecule has 0 N–H and O–H groups in total. The number of hydrogen-bond donors (Lipinski definition) is 0. The van der Waals surface area contributed by atoms with Crippen LogP contribution < -0.4 is 0 Å². The van der Waals surface area contributed by atoms with Crippen LogP contribution in [-0.2, 0) is 14.3 Å². The van der Waals surface area contributed by atoms with Crippen LogP contribution in [0.4, 0.5) is 0 Å². The van der Waals surface area contributed by atoms with Crippen molar-refractivity contribution in [3.8, 4) is 0 Å². The summed E-state index contributed by atoms with van der Waals surface area (Å²) in [7, 11) is 0. The first-order valence-corrected chi connectivity index (χ1v) is 11.7. The van der Waals surface area contributed by atoms with Gasteiger partial charge < -0.3 is 9.47 Å². The molecule has 1 unspecified atom stereocenters. The summed E-state index contributed by atoms with van der Waals surface area (Å²) in [4.78, 5) is 25.2. The molecule has 4 nitrogen and oxygen atoms in total. The molecule has 1 aromatic rings. The van der Waals surface area contributed by atoms with Crippen molar-refractivity contribution in [1.29, 1.82) is 0 Å². The van der Waals surface area contributed by atoms with E-state index < -0.39 is 5.60 Å². The summed E-state index contributed by atoms with van der Waals surface area (Å²) >= 11 is 4.97. The van der Waals surface area contributed by atoms with Gasteiger partial charge in [-0.25, -0.2) is 4.79 Å². The lowest BCUT2D eigenvalue weighted by atomic mass is 10.0. The first-order valence-electron chi connectivity index (χ1n) is 9.97. The van der Waals surface area contributed by atoms with Crippen molar-refractivity contribution >= 4 is 39.6 Å². The zero-order chi connectivity index (χ0) is 21.2. The Kier molecular flexibility index (Phi) is 11.2. The monoisotopic (exact) mass is 472 g/mol. The molecule has 0 amide bonds. The van der Waals surface area contributed by atoms with Crippen molar-refractivity contribution in [2.24, 2.45) is 5.92 Å². The lowest BCUT2D eigenvalue weighted by Crippen LogP contribution is -2.23. The second kappa shape index (κ2) is 12.5. The molecule has 28 heavy (non-hydrogen) atoms. The number of thioether (sulfide) groups is 1. The second-order valence-electron chi connectivity index (χ2n) is 7.88. The van der Waals surface area contributed by atoms with E-state index in [9.17, 15) is 9.59 Å². The third-order valence-electron chi connectivity index (χ3n) is 4.10. The zero-order valence-corrected chi connectivity index (χ0v) is 20.1. The Morgan fingerprint density at radius 3 is 2.50 bits per heavy atom. The van der Waals surface area contributed by atoms with Gasteiger partial charge in [0.1, 0.15) is 5.60 Å². The number of rotatable bonds is 11. The van der Waals surface area contributed by atoms with Crippen molar-refractivity contribution in [3.05, 3.63) is 28.2 Å². The van der Waals surface area contributed by atoms with Crippen molar-refractivity contribution in [2.45, 2.75) is 77.2 Å². The first kappa shape index (κ1) is 25.0. The van der Waals surface area contributed by atoms with Gasteiger partial charge in [-0.2, -0.15) is 0 Å². The average molecular weight is 473 g/mol. The normalized spacial score (nSPS) is 12.5. The molecular formula is C22H33BrO4S. The predicted octanol–water partition coefficient (Wildman–Crippen LogP) is 6.65. The fraction of sp³-hybridized carbons (Fsp3) is 0.636. The molecule has 0 radical (unpaired) electrons. The Bertz CT molecular complexity index is 640. The van der Waals surface area contributed by atoms with E-state index in [1.165, 1.54) is 24.6 Å². The first-order chi connectivity index (χ1) is 13.1. The molecule has 0 aliphatic heterocycles. The summed E-state index contributed by atoms with van der Waals surface area (Å²) < 4.78 is 11.7. The van der Waals surface area contributed by atoms with Crippen LogP contribution in [0, 0.1) is 5.92 Å². The fourth-order valence-electron chi connectivity index (χ4n) is 2.53. The van der Waals surface area contributed by atoms with Gasteiger partial charge in [0.2, 0.25) is 0 Å². The minimum absolute atomic E-state index is 0.162. The van der Waals surface area contributed by atoms with Crippen molar-refractivity contribution in [3.63, 3.8) is 0 Å². The standard InChI is InChI=1S/C22H33BrO4S/c1-6-8-9-16(7-2)15-26-20(24)10-11-28-19-13-17(12-18(23)14-19)21(25)27-22(3,4)5/h12-14,16H,6-11,15H2,1-5H3. The predicted molar refractivity (Wildman–Crippen MR) is 119 cm³/mol. The Morgan fingerprint density at radius 2 is 1.89 bits per heavy atom. The highest BCUT2D eigenvalue weighted by Gasteiger charge is 2.19. The van der Waals surface area contributed by atoms with Gasteiger partial charge in [-0.1, -0.05) is 49.0 Å². The quantitative estimate of drug-likeness (QED) is 0.266. The van der Waals surface area contributed by atoms with Gasteiger partial charge in [0.05, 0.1) is 18.6 Å². The Labute approximate surface area is 182 Å². The fourth-order valence-corrected chi connectivity index (χ4v) is 4.10. The van der Waals surface area contributed by atoms with Crippen LogP contribution >= 0.6 is 27.7 Å². The topological polar surface area (TPSA) is 52.6 Å². The van der Waals surface area contributed by atoms with Crippen molar-refractivity contribution < 1.29 is 19.1 Å². The molecule has 0 spiro atoms. The van der Waals surface area contributed by atoms with Gasteiger partial charge >= 0.3 is 11.9 Å². The molecular weight excluding hydrogens is 440 g/mol. The zero-order valence-electron chi connectivity index (χ0n) is 17.7. The highest BCUT2D eigenvalue weighted by Crippen LogP contribution is 2.26. The van der Waals surface area contributed by atoms with Gasteiger partial charge in [0.25, 0.3) is 0 Å². The lowest BCUT2D eigenvalue weighted by molar-refractivity contribution is -0.144. The van der Waals surface area contributed by atoms with Gasteiger partial charge in [-0.3, -0.25) is 4.79 Å². The van der Waals surface area contributed by atoms with Gasteiger partial charge in [0, 0.05) is 15.1 Å². The number of hydrogen-bond acceptors (Lipinski definition) is 5. The van der Waals surface area contributed by atoms with Crippen LogP contribution in [-0.4, -0.2) is 29.9 Å². The molecule has 0 aliphatic carbocycles.